The Labute approximate surface area is 247 Å². The van der Waals surface area contributed by atoms with Crippen molar-refractivity contribution in [3.63, 3.8) is 0 Å². The van der Waals surface area contributed by atoms with Crippen LogP contribution >= 0.6 is 11.3 Å². The van der Waals surface area contributed by atoms with Gasteiger partial charge in [0.15, 0.2) is 5.69 Å². The van der Waals surface area contributed by atoms with E-state index in [1.807, 2.05) is 61.5 Å². The number of fused-ring (bicyclic) bond motifs is 1. The van der Waals surface area contributed by atoms with Crippen molar-refractivity contribution in [2.24, 2.45) is 4.99 Å². The minimum Gasteiger partial charge on any atom is -0.402 e. The van der Waals surface area contributed by atoms with Crippen LogP contribution in [0.15, 0.2) is 64.0 Å². The van der Waals surface area contributed by atoms with Gasteiger partial charge in [0.1, 0.15) is 15.6 Å². The van der Waals surface area contributed by atoms with E-state index in [2.05, 4.69) is 25.7 Å². The first kappa shape index (κ1) is 26.7. The molecule has 2 N–H and O–H groups in total. The van der Waals surface area contributed by atoms with Crippen molar-refractivity contribution in [1.29, 1.82) is 0 Å². The zero-order valence-electron chi connectivity index (χ0n) is 23.2. The number of carbonyl (C=O) groups is 1. The number of rotatable bonds is 8. The maximum Gasteiger partial charge on any atom is 0.317 e. The molecule has 4 aromatic rings. The fourth-order valence-corrected chi connectivity index (χ4v) is 6.81. The number of anilines is 3. The van der Waals surface area contributed by atoms with Crippen LogP contribution in [-0.4, -0.2) is 65.9 Å². The molecule has 0 radical (unpaired) electrons. The molecule has 2 aromatic heterocycles. The number of hydrogen-bond donors (Lipinski definition) is 2. The molecular formula is C30H31N7O4S. The van der Waals surface area contributed by atoms with E-state index in [-0.39, 0.29) is 23.4 Å². The molecule has 11 nitrogen and oxygen atoms in total. The molecule has 4 heterocycles. The number of aliphatic imine (C=N–C) groups is 1. The van der Waals surface area contributed by atoms with E-state index >= 15 is 0 Å². The average Bonchev–Trinajstić information content (AvgIpc) is 3.63. The second-order valence-electron chi connectivity index (χ2n) is 10.4. The lowest BCUT2D eigenvalue weighted by Gasteiger charge is -2.39. The standard InChI is InChI=1S/C30H31N7O4S/c1-2-40-30(13-8-14-30)28-33-23(27(42-28)37-15-17-39-18-16-37)26-35-36-29(41-26)34-24-25(38)31-21-12-7-6-11-20(21)22(32-24)19-9-4-3-5-10-19/h3-7,9-12,24H,2,8,13-18H2,1H3,(H,31,38)(H,34,36). The van der Waals surface area contributed by atoms with Crippen molar-refractivity contribution in [1.82, 2.24) is 15.2 Å². The van der Waals surface area contributed by atoms with Crippen LogP contribution in [0.4, 0.5) is 16.7 Å². The van der Waals surface area contributed by atoms with Gasteiger partial charge in [-0.05, 0) is 32.3 Å². The predicted octanol–water partition coefficient (Wildman–Crippen LogP) is 4.67. The van der Waals surface area contributed by atoms with Gasteiger partial charge in [-0.1, -0.05) is 65.0 Å². The summed E-state index contributed by atoms with van der Waals surface area (Å²) in [6, 6.07) is 17.5. The van der Waals surface area contributed by atoms with Gasteiger partial charge in [0.25, 0.3) is 11.8 Å². The van der Waals surface area contributed by atoms with E-state index < -0.39 is 6.17 Å². The SMILES string of the molecule is CCOC1(c2nc(-c3nnc(NC4N=C(c5ccccc5)c5ccccc5NC4=O)o3)c(N3CCOCC3)s2)CCC1. The minimum absolute atomic E-state index is 0.0814. The summed E-state index contributed by atoms with van der Waals surface area (Å²) in [7, 11) is 0. The molecule has 3 aliphatic rings. The number of para-hydroxylation sites is 1. The minimum atomic E-state index is -0.998. The fraction of sp³-hybridized carbons (Fsp3) is 0.367. The second-order valence-corrected chi connectivity index (χ2v) is 11.4. The maximum absolute atomic E-state index is 13.3. The third-order valence-electron chi connectivity index (χ3n) is 7.76. The first-order valence-corrected chi connectivity index (χ1v) is 15.1. The summed E-state index contributed by atoms with van der Waals surface area (Å²) in [6.45, 7) is 5.41. The normalized spacial score (nSPS) is 19.7. The monoisotopic (exact) mass is 585 g/mol. The Morgan fingerprint density at radius 1 is 1.10 bits per heavy atom. The van der Waals surface area contributed by atoms with Crippen LogP contribution in [-0.2, 0) is 19.9 Å². The number of amides is 1. The van der Waals surface area contributed by atoms with E-state index in [4.69, 9.17) is 23.9 Å². The number of aromatic nitrogens is 3. The topological polar surface area (TPSA) is 127 Å². The zero-order valence-corrected chi connectivity index (χ0v) is 24.0. The summed E-state index contributed by atoms with van der Waals surface area (Å²) in [4.78, 5) is 25.4. The van der Waals surface area contributed by atoms with Crippen LogP contribution in [0.2, 0.25) is 0 Å². The van der Waals surface area contributed by atoms with E-state index in [1.165, 1.54) is 0 Å². The average molecular weight is 586 g/mol. The van der Waals surface area contributed by atoms with Crippen molar-refractivity contribution < 1.29 is 18.7 Å². The van der Waals surface area contributed by atoms with Gasteiger partial charge >= 0.3 is 6.01 Å². The molecule has 42 heavy (non-hydrogen) atoms. The third kappa shape index (κ3) is 4.95. The maximum atomic E-state index is 13.3. The van der Waals surface area contributed by atoms with Crippen LogP contribution in [0.5, 0.6) is 0 Å². The van der Waals surface area contributed by atoms with E-state index in [0.717, 1.165) is 53.5 Å². The molecule has 12 heteroatoms. The molecular weight excluding hydrogens is 554 g/mol. The first-order valence-electron chi connectivity index (χ1n) is 14.3. The Morgan fingerprint density at radius 2 is 1.88 bits per heavy atom. The Bertz CT molecular complexity index is 1610. The van der Waals surface area contributed by atoms with Crippen molar-refractivity contribution in [3.8, 4) is 11.6 Å². The van der Waals surface area contributed by atoms with Crippen LogP contribution in [0, 0.1) is 0 Å². The highest BCUT2D eigenvalue weighted by Gasteiger charge is 2.44. The molecule has 2 aliphatic heterocycles. The highest BCUT2D eigenvalue weighted by Crippen LogP contribution is 2.50. The first-order chi connectivity index (χ1) is 20.6. The number of nitrogens with zero attached hydrogens (tertiary/aromatic N) is 5. The summed E-state index contributed by atoms with van der Waals surface area (Å²) < 4.78 is 17.9. The molecule has 0 bridgehead atoms. The highest BCUT2D eigenvalue weighted by molar-refractivity contribution is 7.16. The van der Waals surface area contributed by atoms with E-state index in [0.29, 0.717) is 36.9 Å². The van der Waals surface area contributed by atoms with E-state index in [9.17, 15) is 4.79 Å². The van der Waals surface area contributed by atoms with Crippen LogP contribution in [0.25, 0.3) is 11.6 Å². The van der Waals surface area contributed by atoms with E-state index in [1.54, 1.807) is 11.3 Å². The molecule has 1 saturated heterocycles. The van der Waals surface area contributed by atoms with Crippen molar-refractivity contribution in [2.75, 3.05) is 48.4 Å². The Balaban J connectivity index is 1.22. The Kier molecular flexibility index (Phi) is 7.18. The molecule has 1 atom stereocenters. The Morgan fingerprint density at radius 3 is 2.64 bits per heavy atom. The van der Waals surface area contributed by atoms with Gasteiger partial charge in [-0.25, -0.2) is 9.98 Å². The number of benzodiazepines with no additional fused rings is 1. The summed E-state index contributed by atoms with van der Waals surface area (Å²) in [5.74, 6) is -0.0567. The lowest BCUT2D eigenvalue weighted by atomic mass is 9.80. The van der Waals surface area contributed by atoms with Crippen LogP contribution in [0.1, 0.15) is 42.3 Å². The van der Waals surface area contributed by atoms with Crippen molar-refractivity contribution in [3.05, 3.63) is 70.7 Å². The number of ether oxygens (including phenoxy) is 2. The summed E-state index contributed by atoms with van der Waals surface area (Å²) in [5.41, 5.74) is 3.35. The van der Waals surface area contributed by atoms with Gasteiger partial charge in [0.2, 0.25) is 6.17 Å². The largest absolute Gasteiger partial charge is 0.402 e. The van der Waals surface area contributed by atoms with Gasteiger partial charge in [0, 0.05) is 30.8 Å². The lowest BCUT2D eigenvalue weighted by Crippen LogP contribution is -2.37. The number of nitrogens with one attached hydrogen (secondary N) is 2. The molecule has 2 fully saturated rings. The molecule has 1 saturated carbocycles. The van der Waals surface area contributed by atoms with Gasteiger partial charge in [-0.2, -0.15) is 0 Å². The fourth-order valence-electron chi connectivity index (χ4n) is 5.50. The van der Waals surface area contributed by atoms with Gasteiger partial charge < -0.3 is 29.4 Å². The molecule has 0 spiro atoms. The lowest BCUT2D eigenvalue weighted by molar-refractivity contribution is -0.116. The molecule has 2 aromatic carbocycles. The van der Waals surface area contributed by atoms with Crippen molar-refractivity contribution >= 4 is 39.7 Å². The van der Waals surface area contributed by atoms with Gasteiger partial charge in [0.05, 0.1) is 24.6 Å². The number of hydrogen-bond acceptors (Lipinski definition) is 11. The quantitative estimate of drug-likeness (QED) is 0.303. The number of thiazole rings is 1. The highest BCUT2D eigenvalue weighted by atomic mass is 32.1. The summed E-state index contributed by atoms with van der Waals surface area (Å²) >= 11 is 1.62. The third-order valence-corrected chi connectivity index (χ3v) is 9.06. The molecule has 7 rings (SSSR count). The van der Waals surface area contributed by atoms with Gasteiger partial charge in [-0.3, -0.25) is 4.79 Å². The molecule has 1 unspecified atom stereocenters. The zero-order chi connectivity index (χ0) is 28.5. The molecule has 216 valence electrons. The van der Waals surface area contributed by atoms with Crippen LogP contribution in [0.3, 0.4) is 0 Å². The Hall–Kier alpha value is -4.13. The smallest absolute Gasteiger partial charge is 0.317 e. The number of morpholine rings is 1. The molecule has 1 aliphatic carbocycles. The summed E-state index contributed by atoms with van der Waals surface area (Å²) in [5, 5.41) is 16.5. The predicted molar refractivity (Wildman–Crippen MR) is 160 cm³/mol. The van der Waals surface area contributed by atoms with Crippen LogP contribution < -0.4 is 15.5 Å². The second kappa shape index (κ2) is 11.3. The number of benzene rings is 2. The number of carbonyl (C=O) groups excluding carboxylic acids is 1. The summed E-state index contributed by atoms with van der Waals surface area (Å²) in [6.07, 6.45) is 1.98. The molecule has 1 amide bonds. The van der Waals surface area contributed by atoms with Crippen molar-refractivity contribution in [2.45, 2.75) is 38.0 Å². The van der Waals surface area contributed by atoms with Gasteiger partial charge in [-0.15, -0.1) is 5.10 Å².